The van der Waals surface area contributed by atoms with Crippen LogP contribution >= 0.6 is 11.6 Å². The number of carbonyl (C=O) groups excluding carboxylic acids is 1. The fraction of sp³-hybridized carbons (Fsp3) is 0.261. The van der Waals surface area contributed by atoms with Crippen molar-refractivity contribution >= 4 is 51.2 Å². The standard InChI is InChI=1S/C23H21ClN6O3/c24-15-11-10-14(12-18(15)30(32)33)29-21(25)19(23(31)26-13-6-2-1-3-7-13)20-22(29)28-17-9-5-4-8-16(17)27-20/h4-5,8-13H,1-3,6-7,25H2,(H,26,31). The first-order valence-corrected chi connectivity index (χ1v) is 11.1. The Labute approximate surface area is 193 Å². The predicted molar refractivity (Wildman–Crippen MR) is 127 cm³/mol. The Balaban J connectivity index is 1.73. The average molecular weight is 465 g/mol. The second kappa shape index (κ2) is 8.32. The zero-order valence-electron chi connectivity index (χ0n) is 17.6. The van der Waals surface area contributed by atoms with Gasteiger partial charge in [-0.25, -0.2) is 9.97 Å². The van der Waals surface area contributed by atoms with Crippen LogP contribution < -0.4 is 11.1 Å². The van der Waals surface area contributed by atoms with Gasteiger partial charge >= 0.3 is 0 Å². The lowest BCUT2D eigenvalue weighted by Crippen LogP contribution is -2.36. The van der Waals surface area contributed by atoms with Crippen molar-refractivity contribution in [3.05, 3.63) is 63.2 Å². The van der Waals surface area contributed by atoms with Gasteiger partial charge in [-0.15, -0.1) is 0 Å². The molecule has 0 spiro atoms. The number of nitro groups is 1. The van der Waals surface area contributed by atoms with E-state index in [0.29, 0.717) is 27.9 Å². The summed E-state index contributed by atoms with van der Waals surface area (Å²) in [6.45, 7) is 0. The summed E-state index contributed by atoms with van der Waals surface area (Å²) in [6, 6.07) is 11.7. The zero-order chi connectivity index (χ0) is 23.1. The summed E-state index contributed by atoms with van der Waals surface area (Å²) in [5.41, 5.74) is 8.75. The van der Waals surface area contributed by atoms with E-state index >= 15 is 0 Å². The molecule has 5 rings (SSSR count). The molecule has 1 amide bonds. The van der Waals surface area contributed by atoms with Gasteiger partial charge in [0.15, 0.2) is 5.65 Å². The van der Waals surface area contributed by atoms with Crippen LogP contribution in [0.1, 0.15) is 42.5 Å². The molecule has 0 radical (unpaired) electrons. The van der Waals surface area contributed by atoms with Gasteiger partial charge in [-0.3, -0.25) is 19.5 Å². The Morgan fingerprint density at radius 1 is 1.12 bits per heavy atom. The molecule has 1 fully saturated rings. The number of nitrogens with one attached hydrogen (secondary N) is 1. The number of para-hydroxylation sites is 2. The maximum absolute atomic E-state index is 13.4. The molecule has 9 nitrogen and oxygen atoms in total. The summed E-state index contributed by atoms with van der Waals surface area (Å²) in [5.74, 6) is -0.207. The van der Waals surface area contributed by atoms with Gasteiger partial charge in [0.05, 0.1) is 21.6 Å². The number of nitro benzene ring substituents is 1. The maximum Gasteiger partial charge on any atom is 0.289 e. The number of hydrogen-bond acceptors (Lipinski definition) is 6. The summed E-state index contributed by atoms with van der Waals surface area (Å²) >= 11 is 6.00. The van der Waals surface area contributed by atoms with E-state index in [2.05, 4.69) is 10.3 Å². The van der Waals surface area contributed by atoms with Crippen LogP contribution in [0.15, 0.2) is 42.5 Å². The van der Waals surface area contributed by atoms with Crippen molar-refractivity contribution in [3.63, 3.8) is 0 Å². The maximum atomic E-state index is 13.4. The Morgan fingerprint density at radius 3 is 2.52 bits per heavy atom. The monoisotopic (exact) mass is 464 g/mol. The number of hydrogen-bond donors (Lipinski definition) is 2. The number of carbonyl (C=O) groups is 1. The van der Waals surface area contributed by atoms with Gasteiger partial charge in [-0.1, -0.05) is 43.0 Å². The van der Waals surface area contributed by atoms with Crippen LogP contribution in [-0.4, -0.2) is 31.4 Å². The molecule has 33 heavy (non-hydrogen) atoms. The molecule has 1 aliphatic carbocycles. The number of nitrogens with two attached hydrogens (primary N) is 1. The van der Waals surface area contributed by atoms with Crippen molar-refractivity contribution < 1.29 is 9.72 Å². The van der Waals surface area contributed by atoms with E-state index in [1.54, 1.807) is 12.1 Å². The van der Waals surface area contributed by atoms with Crippen LogP contribution in [0, 0.1) is 10.1 Å². The van der Waals surface area contributed by atoms with Crippen LogP contribution in [0.3, 0.4) is 0 Å². The van der Waals surface area contributed by atoms with Crippen molar-refractivity contribution in [2.45, 2.75) is 38.1 Å². The topological polar surface area (TPSA) is 129 Å². The van der Waals surface area contributed by atoms with Crippen LogP contribution in [0.25, 0.3) is 27.9 Å². The number of nitrogen functional groups attached to an aromatic ring is 1. The first-order valence-electron chi connectivity index (χ1n) is 10.8. The van der Waals surface area contributed by atoms with E-state index in [0.717, 1.165) is 25.7 Å². The van der Waals surface area contributed by atoms with Gasteiger partial charge in [0.25, 0.3) is 11.6 Å². The highest BCUT2D eigenvalue weighted by atomic mass is 35.5. The summed E-state index contributed by atoms with van der Waals surface area (Å²) < 4.78 is 1.52. The lowest BCUT2D eigenvalue weighted by molar-refractivity contribution is -0.384. The van der Waals surface area contributed by atoms with Gasteiger partial charge in [0.1, 0.15) is 21.9 Å². The third-order valence-corrected chi connectivity index (χ3v) is 6.37. The minimum Gasteiger partial charge on any atom is -0.384 e. The molecule has 3 N–H and O–H groups in total. The van der Waals surface area contributed by atoms with E-state index in [9.17, 15) is 14.9 Å². The number of aromatic nitrogens is 3. The first kappa shape index (κ1) is 21.1. The highest BCUT2D eigenvalue weighted by Crippen LogP contribution is 2.34. The second-order valence-corrected chi connectivity index (χ2v) is 8.59. The highest BCUT2D eigenvalue weighted by Gasteiger charge is 2.27. The first-order chi connectivity index (χ1) is 15.9. The number of rotatable bonds is 4. The molecule has 0 unspecified atom stereocenters. The third kappa shape index (κ3) is 3.74. The van der Waals surface area contributed by atoms with Crippen LogP contribution in [-0.2, 0) is 0 Å². The second-order valence-electron chi connectivity index (χ2n) is 8.18. The number of amides is 1. The number of benzene rings is 2. The molecule has 0 saturated heterocycles. The molecule has 1 saturated carbocycles. The molecule has 0 atom stereocenters. The largest absolute Gasteiger partial charge is 0.384 e. The minimum atomic E-state index is -0.564. The summed E-state index contributed by atoms with van der Waals surface area (Å²) in [5, 5.41) is 14.5. The molecular weight excluding hydrogens is 444 g/mol. The van der Waals surface area contributed by atoms with Gasteiger partial charge in [0.2, 0.25) is 0 Å². The Morgan fingerprint density at radius 2 is 1.82 bits per heavy atom. The molecule has 2 aromatic carbocycles. The molecule has 0 bridgehead atoms. The van der Waals surface area contributed by atoms with E-state index in [4.69, 9.17) is 22.3 Å². The van der Waals surface area contributed by atoms with E-state index < -0.39 is 4.92 Å². The van der Waals surface area contributed by atoms with Crippen molar-refractivity contribution in [1.82, 2.24) is 19.9 Å². The van der Waals surface area contributed by atoms with Crippen molar-refractivity contribution in [3.8, 4) is 5.69 Å². The smallest absolute Gasteiger partial charge is 0.289 e. The number of fused-ring (bicyclic) bond motifs is 2. The lowest BCUT2D eigenvalue weighted by Gasteiger charge is -2.22. The molecule has 2 heterocycles. The Kier molecular flexibility index (Phi) is 5.33. The number of halogens is 1. The SMILES string of the molecule is Nc1c(C(=O)NC2CCCCC2)c2nc3ccccc3nc2n1-c1ccc(Cl)c([N+](=O)[O-])c1. The van der Waals surface area contributed by atoms with E-state index in [1.807, 2.05) is 18.2 Å². The molecule has 1 aliphatic rings. The molecular formula is C23H21ClN6O3. The van der Waals surface area contributed by atoms with Gasteiger partial charge in [-0.2, -0.15) is 0 Å². The summed E-state index contributed by atoms with van der Waals surface area (Å²) in [7, 11) is 0. The summed E-state index contributed by atoms with van der Waals surface area (Å²) in [4.78, 5) is 33.6. The Hall–Kier alpha value is -3.72. The number of nitrogens with zero attached hydrogens (tertiary/aromatic N) is 4. The fourth-order valence-electron chi connectivity index (χ4n) is 4.43. The fourth-order valence-corrected chi connectivity index (χ4v) is 4.62. The van der Waals surface area contributed by atoms with Crippen LogP contribution in [0.2, 0.25) is 5.02 Å². The molecule has 0 aliphatic heterocycles. The van der Waals surface area contributed by atoms with Crippen molar-refractivity contribution in [1.29, 1.82) is 0 Å². The number of anilines is 1. The normalized spacial score (nSPS) is 14.6. The average Bonchev–Trinajstić information content (AvgIpc) is 3.09. The van der Waals surface area contributed by atoms with Crippen LogP contribution in [0.4, 0.5) is 11.5 Å². The molecule has 2 aromatic heterocycles. The minimum absolute atomic E-state index is 0.00517. The van der Waals surface area contributed by atoms with Crippen molar-refractivity contribution in [2.75, 3.05) is 5.73 Å². The van der Waals surface area contributed by atoms with Gasteiger partial charge < -0.3 is 11.1 Å². The third-order valence-electron chi connectivity index (χ3n) is 6.05. The molecule has 168 valence electrons. The van der Waals surface area contributed by atoms with Gasteiger partial charge in [0, 0.05) is 12.1 Å². The van der Waals surface area contributed by atoms with E-state index in [-0.39, 0.29) is 34.0 Å². The highest BCUT2D eigenvalue weighted by molar-refractivity contribution is 6.32. The molecule has 10 heteroatoms. The summed E-state index contributed by atoms with van der Waals surface area (Å²) in [6.07, 6.45) is 5.15. The predicted octanol–water partition coefficient (Wildman–Crippen LogP) is 4.78. The van der Waals surface area contributed by atoms with Crippen LogP contribution in [0.5, 0.6) is 0 Å². The lowest BCUT2D eigenvalue weighted by atomic mass is 9.95. The quantitative estimate of drug-likeness (QED) is 0.330. The van der Waals surface area contributed by atoms with E-state index in [1.165, 1.54) is 23.1 Å². The molecule has 4 aromatic rings. The van der Waals surface area contributed by atoms with Gasteiger partial charge in [-0.05, 0) is 37.1 Å². The Bertz CT molecular complexity index is 1410. The van der Waals surface area contributed by atoms with Crippen molar-refractivity contribution in [2.24, 2.45) is 0 Å². The zero-order valence-corrected chi connectivity index (χ0v) is 18.4.